The lowest BCUT2D eigenvalue weighted by atomic mass is 10.2. The fourth-order valence-corrected chi connectivity index (χ4v) is 3.05. The minimum Gasteiger partial charge on any atom is -0.497 e. The van der Waals surface area contributed by atoms with Crippen molar-refractivity contribution in [3.63, 3.8) is 0 Å². The topological polar surface area (TPSA) is 63.2 Å². The molecule has 0 radical (unpaired) electrons. The molecule has 150 valence electrons. The van der Waals surface area contributed by atoms with E-state index in [0.29, 0.717) is 11.5 Å². The predicted octanol–water partition coefficient (Wildman–Crippen LogP) is 4.36. The van der Waals surface area contributed by atoms with Gasteiger partial charge in [0.15, 0.2) is 5.84 Å². The Balaban J connectivity index is 1.68. The van der Waals surface area contributed by atoms with Crippen LogP contribution in [-0.4, -0.2) is 31.0 Å². The minimum absolute atomic E-state index is 0.236. The highest BCUT2D eigenvalue weighted by Crippen LogP contribution is 2.24. The molecule has 0 spiro atoms. The predicted molar refractivity (Wildman–Crippen MR) is 117 cm³/mol. The fraction of sp³-hybridized carbons (Fsp3) is 0.0833. The lowest BCUT2D eigenvalue weighted by Crippen LogP contribution is -2.37. The second kappa shape index (κ2) is 8.53. The molecule has 0 unspecified atom stereocenters. The average molecular weight is 399 g/mol. The smallest absolute Gasteiger partial charge is 0.297 e. The molecule has 6 nitrogen and oxygen atoms in total. The number of carbonyl (C=O) groups is 1. The summed E-state index contributed by atoms with van der Waals surface area (Å²) in [7, 11) is 3.23. The number of hydrazine groups is 1. The standard InChI is InChI=1S/C24H21N3O3/c1-29-20-12-8-17(9-13-20)16-22-24(28)27(23(25-22)18-6-4-3-5-7-18)26-19-10-14-21(30-2)15-11-19/h3-16,26H,1-2H3/b22-16+. The lowest BCUT2D eigenvalue weighted by Gasteiger charge is -2.20. The number of hydrogen-bond donors (Lipinski definition) is 1. The monoisotopic (exact) mass is 399 g/mol. The van der Waals surface area contributed by atoms with Crippen LogP contribution in [0.25, 0.3) is 6.08 Å². The third-order valence-electron chi connectivity index (χ3n) is 4.64. The SMILES string of the molecule is COc1ccc(/C=C2/N=C(c3ccccc3)N(Nc3ccc(OC)cc3)C2=O)cc1. The molecule has 3 aromatic carbocycles. The molecule has 0 saturated heterocycles. The van der Waals surface area contributed by atoms with E-state index in [1.807, 2.05) is 78.9 Å². The van der Waals surface area contributed by atoms with E-state index < -0.39 is 0 Å². The summed E-state index contributed by atoms with van der Waals surface area (Å²) in [6.07, 6.45) is 1.76. The fourth-order valence-electron chi connectivity index (χ4n) is 3.05. The first kappa shape index (κ1) is 19.3. The quantitative estimate of drug-likeness (QED) is 0.626. The molecule has 0 fully saturated rings. The first-order valence-electron chi connectivity index (χ1n) is 9.43. The van der Waals surface area contributed by atoms with Gasteiger partial charge in [-0.25, -0.2) is 4.99 Å². The van der Waals surface area contributed by atoms with Gasteiger partial charge in [-0.2, -0.15) is 5.01 Å². The minimum atomic E-state index is -0.236. The number of nitrogens with zero attached hydrogens (tertiary/aromatic N) is 2. The zero-order chi connectivity index (χ0) is 20.9. The maximum absolute atomic E-state index is 13.2. The van der Waals surface area contributed by atoms with Gasteiger partial charge in [0.2, 0.25) is 0 Å². The highest BCUT2D eigenvalue weighted by atomic mass is 16.5. The van der Waals surface area contributed by atoms with Gasteiger partial charge in [-0.3, -0.25) is 10.2 Å². The lowest BCUT2D eigenvalue weighted by molar-refractivity contribution is -0.121. The molecule has 1 aliphatic heterocycles. The first-order chi connectivity index (χ1) is 14.7. The van der Waals surface area contributed by atoms with Crippen LogP contribution in [0.15, 0.2) is 89.6 Å². The molecule has 0 saturated carbocycles. The van der Waals surface area contributed by atoms with Crippen molar-refractivity contribution in [3.05, 3.63) is 95.7 Å². The van der Waals surface area contributed by atoms with Gasteiger partial charge in [-0.05, 0) is 48.0 Å². The molecule has 1 aliphatic rings. The second-order valence-electron chi connectivity index (χ2n) is 6.59. The van der Waals surface area contributed by atoms with E-state index in [-0.39, 0.29) is 5.91 Å². The Labute approximate surface area is 175 Å². The van der Waals surface area contributed by atoms with E-state index in [0.717, 1.165) is 28.3 Å². The summed E-state index contributed by atoms with van der Waals surface area (Å²) in [4.78, 5) is 17.8. The molecule has 0 aromatic heterocycles. The number of rotatable bonds is 6. The summed E-state index contributed by atoms with van der Waals surface area (Å²) in [5.74, 6) is 1.80. The van der Waals surface area contributed by atoms with Gasteiger partial charge >= 0.3 is 0 Å². The number of amidine groups is 1. The van der Waals surface area contributed by atoms with Crippen LogP contribution in [0.5, 0.6) is 11.5 Å². The van der Waals surface area contributed by atoms with Crippen LogP contribution in [-0.2, 0) is 4.79 Å². The largest absolute Gasteiger partial charge is 0.497 e. The number of amides is 1. The molecule has 6 heteroatoms. The Kier molecular flexibility index (Phi) is 5.48. The molecule has 4 rings (SSSR count). The molecule has 3 aromatic rings. The molecule has 1 amide bonds. The Morgan fingerprint density at radius 2 is 1.43 bits per heavy atom. The van der Waals surface area contributed by atoms with Crippen LogP contribution in [0.2, 0.25) is 0 Å². The van der Waals surface area contributed by atoms with Crippen molar-refractivity contribution in [3.8, 4) is 11.5 Å². The molecule has 1 heterocycles. The van der Waals surface area contributed by atoms with E-state index in [1.165, 1.54) is 5.01 Å². The zero-order valence-corrected chi connectivity index (χ0v) is 16.7. The first-order valence-corrected chi connectivity index (χ1v) is 9.43. The third kappa shape index (κ3) is 4.03. The van der Waals surface area contributed by atoms with Crippen molar-refractivity contribution in [2.24, 2.45) is 4.99 Å². The van der Waals surface area contributed by atoms with Crippen LogP contribution in [0.1, 0.15) is 11.1 Å². The second-order valence-corrected chi connectivity index (χ2v) is 6.59. The maximum atomic E-state index is 13.2. The summed E-state index contributed by atoms with van der Waals surface area (Å²) < 4.78 is 10.4. The highest BCUT2D eigenvalue weighted by Gasteiger charge is 2.31. The van der Waals surface area contributed by atoms with Gasteiger partial charge in [0, 0.05) is 5.56 Å². The van der Waals surface area contributed by atoms with Crippen molar-refractivity contribution in [1.29, 1.82) is 0 Å². The molecular weight excluding hydrogens is 378 g/mol. The van der Waals surface area contributed by atoms with Gasteiger partial charge in [0.05, 0.1) is 19.9 Å². The highest BCUT2D eigenvalue weighted by molar-refractivity contribution is 6.20. The summed E-state index contributed by atoms with van der Waals surface area (Å²) in [6.45, 7) is 0. The molecular formula is C24H21N3O3. The van der Waals surface area contributed by atoms with Crippen molar-refractivity contribution in [1.82, 2.24) is 5.01 Å². The number of methoxy groups -OCH3 is 2. The van der Waals surface area contributed by atoms with E-state index in [2.05, 4.69) is 10.4 Å². The normalized spacial score (nSPS) is 14.6. The van der Waals surface area contributed by atoms with E-state index in [9.17, 15) is 4.79 Å². The van der Waals surface area contributed by atoms with Crippen molar-refractivity contribution in [2.75, 3.05) is 19.6 Å². The van der Waals surface area contributed by atoms with Crippen molar-refractivity contribution in [2.45, 2.75) is 0 Å². The molecule has 0 bridgehead atoms. The average Bonchev–Trinajstić information content (AvgIpc) is 3.10. The van der Waals surface area contributed by atoms with E-state index >= 15 is 0 Å². The number of aliphatic imine (C=N–C) groups is 1. The van der Waals surface area contributed by atoms with Crippen LogP contribution >= 0.6 is 0 Å². The Morgan fingerprint density at radius 3 is 2.03 bits per heavy atom. The Bertz CT molecular complexity index is 1090. The summed E-state index contributed by atoms with van der Waals surface area (Å²) in [5.41, 5.74) is 5.96. The van der Waals surface area contributed by atoms with Gasteiger partial charge < -0.3 is 9.47 Å². The van der Waals surface area contributed by atoms with Crippen molar-refractivity contribution >= 4 is 23.5 Å². The molecule has 0 atom stereocenters. The van der Waals surface area contributed by atoms with Crippen LogP contribution in [0.3, 0.4) is 0 Å². The van der Waals surface area contributed by atoms with E-state index in [1.54, 1.807) is 20.3 Å². The molecule has 30 heavy (non-hydrogen) atoms. The van der Waals surface area contributed by atoms with Crippen molar-refractivity contribution < 1.29 is 14.3 Å². The van der Waals surface area contributed by atoms with Gasteiger partial charge in [0.25, 0.3) is 5.91 Å². The Morgan fingerprint density at radius 1 is 0.833 bits per heavy atom. The summed E-state index contributed by atoms with van der Waals surface area (Å²) in [6, 6.07) is 24.4. The summed E-state index contributed by atoms with van der Waals surface area (Å²) >= 11 is 0. The number of nitrogens with one attached hydrogen (secondary N) is 1. The molecule has 0 aliphatic carbocycles. The maximum Gasteiger partial charge on any atom is 0.297 e. The van der Waals surface area contributed by atoms with E-state index in [4.69, 9.17) is 9.47 Å². The van der Waals surface area contributed by atoms with Crippen LogP contribution < -0.4 is 14.9 Å². The van der Waals surface area contributed by atoms with Gasteiger partial charge in [-0.1, -0.05) is 42.5 Å². The number of benzene rings is 3. The van der Waals surface area contributed by atoms with Gasteiger partial charge in [-0.15, -0.1) is 0 Å². The number of ether oxygens (including phenoxy) is 2. The van der Waals surface area contributed by atoms with Gasteiger partial charge in [0.1, 0.15) is 17.2 Å². The number of hydrogen-bond acceptors (Lipinski definition) is 5. The summed E-state index contributed by atoms with van der Waals surface area (Å²) in [5, 5.41) is 1.46. The number of anilines is 1. The molecule has 1 N–H and O–H groups in total. The van der Waals surface area contributed by atoms with Crippen LogP contribution in [0, 0.1) is 0 Å². The third-order valence-corrected chi connectivity index (χ3v) is 4.64. The van der Waals surface area contributed by atoms with Crippen LogP contribution in [0.4, 0.5) is 5.69 Å². The number of carbonyl (C=O) groups excluding carboxylic acids is 1. The zero-order valence-electron chi connectivity index (χ0n) is 16.7. The Hall–Kier alpha value is -4.06.